The fourth-order valence-corrected chi connectivity index (χ4v) is 0. The molecule has 3 radical (unpaired) electrons. The summed E-state index contributed by atoms with van der Waals surface area (Å²) in [7, 11) is 30.2. The van der Waals surface area contributed by atoms with E-state index in [4.69, 9.17) is 58.1 Å². The first-order chi connectivity index (χ1) is 2.45. The van der Waals surface area contributed by atoms with E-state index in [-0.39, 0.29) is 6.15 Å². The second kappa shape index (κ2) is 2.15. The zero-order valence-corrected chi connectivity index (χ0v) is 9.22. The van der Waals surface area contributed by atoms with Gasteiger partial charge in [-0.15, -0.1) is 0 Å². The van der Waals surface area contributed by atoms with E-state index in [1.807, 2.05) is 0 Å². The molecule has 0 fully saturated rings. The van der Waals surface area contributed by atoms with Gasteiger partial charge in [0.1, 0.15) is 0 Å². The molecule has 8 heavy (non-hydrogen) atoms. The predicted molar refractivity (Wildman–Crippen MR) is 37.3 cm³/mol. The van der Waals surface area contributed by atoms with Crippen LogP contribution in [0.15, 0.2) is 0 Å². The summed E-state index contributed by atoms with van der Waals surface area (Å²) in [4.78, 5) is 0. The fourth-order valence-electron chi connectivity index (χ4n) is 0. The standard InChI is InChI=1S/6ClH.N.Rh/h6*1H;;/q;;;;;;;+6/p-6. The van der Waals surface area contributed by atoms with E-state index in [0.717, 1.165) is 0 Å². The van der Waals surface area contributed by atoms with Crippen LogP contribution in [0.25, 0.3) is 0 Å². The molecule has 56 valence electrons. The quantitative estimate of drug-likeness (QED) is 0.607. The normalized spacial score (nSPS) is 20.2. The Morgan fingerprint density at radius 1 is 0.625 bits per heavy atom. The third-order valence-corrected chi connectivity index (χ3v) is 0. The molecule has 8 heteroatoms. The molecule has 0 saturated carbocycles. The Labute approximate surface area is 70.0 Å². The van der Waals surface area contributed by atoms with E-state index in [0.29, 0.717) is 0 Å². The molecule has 0 saturated heterocycles. The predicted octanol–water partition coefficient (Wildman–Crippen LogP) is 3.65. The maximum atomic E-state index is 5.04. The van der Waals surface area contributed by atoms with Crippen molar-refractivity contribution in [3.8, 4) is 0 Å². The van der Waals surface area contributed by atoms with Gasteiger partial charge in [-0.25, -0.2) is 0 Å². The van der Waals surface area contributed by atoms with Crippen molar-refractivity contribution in [3.63, 3.8) is 0 Å². The fraction of sp³-hybridized carbons (Fsp3) is 0. The van der Waals surface area contributed by atoms with Crippen LogP contribution in [0, 0.1) is 0 Å². The minimum absolute atomic E-state index is 0. The number of hydrogen-bond donors (Lipinski definition) is 0. The third kappa shape index (κ3) is 82.7. The summed E-state index contributed by atoms with van der Waals surface area (Å²) in [6.07, 6.45) is 0. The number of hydrogen-bond acceptors (Lipinski definition) is 0. The van der Waals surface area contributed by atoms with Crippen LogP contribution in [-0.4, -0.2) is 0 Å². The van der Waals surface area contributed by atoms with Gasteiger partial charge in [0, 0.05) is 6.15 Å². The Bertz CT molecular complexity index is 67.1. The van der Waals surface area contributed by atoms with Gasteiger partial charge in [-0.05, 0) is 0 Å². The van der Waals surface area contributed by atoms with Crippen molar-refractivity contribution in [2.45, 2.75) is 0 Å². The number of rotatable bonds is 0. The van der Waals surface area contributed by atoms with Gasteiger partial charge in [0.05, 0.1) is 0 Å². The maximum Gasteiger partial charge on any atom is 0 e. The van der Waals surface area contributed by atoms with Crippen molar-refractivity contribution < 1.29 is 6.48 Å². The molecule has 0 aliphatic carbocycles. The van der Waals surface area contributed by atoms with E-state index in [1.165, 1.54) is 0 Å². The van der Waals surface area contributed by atoms with E-state index < -0.39 is 6.48 Å². The summed E-state index contributed by atoms with van der Waals surface area (Å²) >= 11 is 0. The maximum absolute atomic E-state index is 5.15. The Hall–Kier alpha value is 2.32. The van der Waals surface area contributed by atoms with Crippen LogP contribution in [0.4, 0.5) is 0 Å². The van der Waals surface area contributed by atoms with Gasteiger partial charge < -0.3 is 0 Å². The van der Waals surface area contributed by atoms with Crippen LogP contribution in [0.2, 0.25) is 0 Å². The van der Waals surface area contributed by atoms with Crippen molar-refractivity contribution in [1.29, 1.82) is 0 Å². The van der Waals surface area contributed by atoms with Crippen molar-refractivity contribution in [3.05, 3.63) is 0 Å². The molecule has 0 amide bonds. The molecule has 0 heterocycles. The van der Waals surface area contributed by atoms with Gasteiger partial charge in [0.2, 0.25) is 0 Å². The van der Waals surface area contributed by atoms with Crippen LogP contribution in [0.1, 0.15) is 0 Å². The molecule has 0 spiro atoms. The van der Waals surface area contributed by atoms with Gasteiger partial charge in [0.25, 0.3) is 0 Å². The van der Waals surface area contributed by atoms with Crippen LogP contribution in [-0.2, 0) is 6.48 Å². The molecule has 1 nitrogen and oxygen atoms in total. The molecule has 0 aromatic carbocycles. The van der Waals surface area contributed by atoms with E-state index in [2.05, 4.69) is 0 Å². The Balaban J connectivity index is 0. The minimum Gasteiger partial charge on any atom is 0 e. The number of nitrogens with zero attached hydrogens (tertiary/aromatic N) is 1. The molecule has 0 aliphatic rings. The van der Waals surface area contributed by atoms with Gasteiger partial charge in [-0.1, -0.05) is 0 Å². The van der Waals surface area contributed by atoms with Crippen LogP contribution in [0.3, 0.4) is 0 Å². The summed E-state index contributed by atoms with van der Waals surface area (Å²) < 4.78 is 0. The number of halogens is 6. The van der Waals surface area contributed by atoms with Crippen LogP contribution >= 0.6 is 58.1 Å². The SMILES string of the molecule is [Cl][Rh]([Cl])([Cl])([Cl])([Cl])[Cl].[N]. The minimum atomic E-state index is -5.15. The summed E-state index contributed by atoms with van der Waals surface area (Å²) in [6, 6.07) is 0. The van der Waals surface area contributed by atoms with Crippen molar-refractivity contribution in [2.75, 3.05) is 0 Å². The van der Waals surface area contributed by atoms with Crippen LogP contribution < -0.4 is 6.15 Å². The molecule has 0 aliphatic heterocycles. The van der Waals surface area contributed by atoms with E-state index in [1.54, 1.807) is 0 Å². The molecule has 0 unspecified atom stereocenters. The first-order valence-electron chi connectivity index (χ1n) is 0.756. The van der Waals surface area contributed by atoms with Gasteiger partial charge in [-0.3, -0.25) is 0 Å². The second-order valence-corrected chi connectivity index (χ2v) is 38.0. The zero-order chi connectivity index (χ0) is 6.41. The van der Waals surface area contributed by atoms with Crippen molar-refractivity contribution in [2.24, 2.45) is 0 Å². The van der Waals surface area contributed by atoms with Crippen LogP contribution in [0.5, 0.6) is 0 Å². The topological polar surface area (TPSA) is 30.5 Å². The third-order valence-electron chi connectivity index (χ3n) is 0. The van der Waals surface area contributed by atoms with Gasteiger partial charge in [0.15, 0.2) is 0 Å². The summed E-state index contributed by atoms with van der Waals surface area (Å²) in [5.74, 6) is 0. The average molecular weight is 330 g/mol. The van der Waals surface area contributed by atoms with E-state index >= 15 is 0 Å². The second-order valence-electron chi connectivity index (χ2n) is 0.714. The molecule has 0 rings (SSSR count). The molecule has 0 aromatic heterocycles. The molecule has 0 bridgehead atoms. The van der Waals surface area contributed by atoms with Crippen molar-refractivity contribution in [1.82, 2.24) is 6.15 Å². The Kier molecular flexibility index (Phi) is 3.48. The largest absolute Gasteiger partial charge is 0 e. The first-order valence-corrected chi connectivity index (χ1v) is 13.4. The molecule has 0 N–H and O–H groups in total. The summed E-state index contributed by atoms with van der Waals surface area (Å²) in [5, 5.41) is 0. The summed E-state index contributed by atoms with van der Waals surface area (Å²) in [5.41, 5.74) is 0. The zero-order valence-electron chi connectivity index (χ0n) is 3.05. The molecular weight excluding hydrogens is 330 g/mol. The summed E-state index contributed by atoms with van der Waals surface area (Å²) in [6.45, 7) is -5.15. The smallest absolute Gasteiger partial charge is 0 e. The average Bonchev–Trinajstić information content (AvgIpc) is 0.592. The van der Waals surface area contributed by atoms with Crippen molar-refractivity contribution >= 4 is 58.1 Å². The Morgan fingerprint density at radius 3 is 0.625 bits per heavy atom. The van der Waals surface area contributed by atoms with E-state index in [9.17, 15) is 0 Å². The Morgan fingerprint density at radius 2 is 0.625 bits per heavy atom. The first kappa shape index (κ1) is 13.0. The van der Waals surface area contributed by atoms with Gasteiger partial charge >= 0.3 is 64.6 Å². The molecule has 0 atom stereocenters. The molecule has 0 aromatic rings. The molecular formula is Cl6NRh. The monoisotopic (exact) mass is 327 g/mol. The van der Waals surface area contributed by atoms with Gasteiger partial charge in [-0.2, -0.15) is 0 Å².